The number of carbonyl (C=O) groups is 1. The molecule has 3 rings (SSSR count). The Labute approximate surface area is 126 Å². The lowest BCUT2D eigenvalue weighted by atomic mass is 10.0. The zero-order valence-corrected chi connectivity index (χ0v) is 12.9. The van der Waals surface area contributed by atoms with Gasteiger partial charge in [-0.1, -0.05) is 28.1 Å². The van der Waals surface area contributed by atoms with Gasteiger partial charge in [0.2, 0.25) is 0 Å². The van der Waals surface area contributed by atoms with Crippen LogP contribution in [0.15, 0.2) is 41.0 Å². The van der Waals surface area contributed by atoms with Crippen molar-refractivity contribution >= 4 is 21.8 Å². The van der Waals surface area contributed by atoms with Gasteiger partial charge >= 0.3 is 0 Å². The Bertz CT molecular complexity index is 669. The summed E-state index contributed by atoms with van der Waals surface area (Å²) in [6.45, 7) is 3.35. The smallest absolute Gasteiger partial charge is 0.254 e. The highest BCUT2D eigenvalue weighted by atomic mass is 79.9. The summed E-state index contributed by atoms with van der Waals surface area (Å²) < 4.78 is 0.936. The van der Waals surface area contributed by atoms with Crippen LogP contribution < -0.4 is 0 Å². The molecule has 0 N–H and O–H groups in total. The van der Waals surface area contributed by atoms with Crippen LogP contribution in [0.5, 0.6) is 0 Å². The van der Waals surface area contributed by atoms with Gasteiger partial charge in [-0.3, -0.25) is 9.78 Å². The van der Waals surface area contributed by atoms with Crippen LogP contribution in [0.3, 0.4) is 0 Å². The third-order valence-corrected chi connectivity index (χ3v) is 4.17. The monoisotopic (exact) mass is 330 g/mol. The van der Waals surface area contributed by atoms with E-state index in [0.717, 1.165) is 39.8 Å². The maximum atomic E-state index is 12.7. The van der Waals surface area contributed by atoms with Crippen molar-refractivity contribution in [3.63, 3.8) is 0 Å². The number of benzene rings is 1. The minimum absolute atomic E-state index is 0.0957. The second kappa shape index (κ2) is 5.37. The van der Waals surface area contributed by atoms with E-state index in [1.807, 2.05) is 42.3 Å². The Morgan fingerprint density at radius 2 is 2.20 bits per heavy atom. The summed E-state index contributed by atoms with van der Waals surface area (Å²) in [7, 11) is 0. The number of aryl methyl sites for hydroxylation is 1. The molecule has 0 saturated carbocycles. The molecular formula is C16H15BrN2O. The molecule has 102 valence electrons. The van der Waals surface area contributed by atoms with Gasteiger partial charge in [-0.2, -0.15) is 0 Å². The quantitative estimate of drug-likeness (QED) is 0.803. The SMILES string of the molecule is Cc1ccc(Br)cc1C(=O)N1CCc2ncccc2C1. The largest absolute Gasteiger partial charge is 0.334 e. The summed E-state index contributed by atoms with van der Waals surface area (Å²) in [5.41, 5.74) is 4.05. The summed E-state index contributed by atoms with van der Waals surface area (Å²) in [6, 6.07) is 9.81. The minimum Gasteiger partial charge on any atom is -0.334 e. The maximum absolute atomic E-state index is 12.7. The third-order valence-electron chi connectivity index (χ3n) is 3.68. The zero-order valence-electron chi connectivity index (χ0n) is 11.3. The van der Waals surface area contributed by atoms with Crippen molar-refractivity contribution in [3.05, 3.63) is 63.4 Å². The van der Waals surface area contributed by atoms with E-state index in [1.54, 1.807) is 0 Å². The normalized spacial score (nSPS) is 14.0. The van der Waals surface area contributed by atoms with Crippen molar-refractivity contribution < 1.29 is 4.79 Å². The first-order valence-corrected chi connectivity index (χ1v) is 7.42. The topological polar surface area (TPSA) is 33.2 Å². The van der Waals surface area contributed by atoms with E-state index in [9.17, 15) is 4.79 Å². The maximum Gasteiger partial charge on any atom is 0.254 e. The van der Waals surface area contributed by atoms with Gasteiger partial charge in [0.25, 0.3) is 5.91 Å². The second-order valence-corrected chi connectivity index (χ2v) is 5.96. The molecule has 2 aromatic rings. The van der Waals surface area contributed by atoms with Crippen molar-refractivity contribution in [2.24, 2.45) is 0 Å². The molecule has 1 aromatic heterocycles. The summed E-state index contributed by atoms with van der Waals surface area (Å²) in [5, 5.41) is 0. The van der Waals surface area contributed by atoms with E-state index in [4.69, 9.17) is 0 Å². The molecule has 0 radical (unpaired) electrons. The molecule has 3 nitrogen and oxygen atoms in total. The Morgan fingerprint density at radius 1 is 1.35 bits per heavy atom. The first-order valence-electron chi connectivity index (χ1n) is 6.63. The van der Waals surface area contributed by atoms with E-state index >= 15 is 0 Å². The number of nitrogens with zero attached hydrogens (tertiary/aromatic N) is 2. The van der Waals surface area contributed by atoms with Crippen LogP contribution in [0.25, 0.3) is 0 Å². The number of amides is 1. The molecule has 1 amide bonds. The highest BCUT2D eigenvalue weighted by Crippen LogP contribution is 2.22. The van der Waals surface area contributed by atoms with Crippen LogP contribution in [0.4, 0.5) is 0 Å². The average Bonchev–Trinajstić information content (AvgIpc) is 2.48. The van der Waals surface area contributed by atoms with Crippen LogP contribution in [-0.2, 0) is 13.0 Å². The van der Waals surface area contributed by atoms with E-state index in [-0.39, 0.29) is 5.91 Å². The van der Waals surface area contributed by atoms with Gasteiger partial charge in [-0.15, -0.1) is 0 Å². The van der Waals surface area contributed by atoms with Crippen molar-refractivity contribution in [1.82, 2.24) is 9.88 Å². The fourth-order valence-corrected chi connectivity index (χ4v) is 2.90. The molecule has 0 spiro atoms. The van der Waals surface area contributed by atoms with Gasteiger partial charge in [0, 0.05) is 41.4 Å². The van der Waals surface area contributed by atoms with Gasteiger partial charge < -0.3 is 4.90 Å². The van der Waals surface area contributed by atoms with Gasteiger partial charge in [-0.05, 0) is 36.2 Å². The molecule has 1 aliphatic heterocycles. The summed E-state index contributed by atoms with van der Waals surface area (Å²) >= 11 is 3.43. The first kappa shape index (κ1) is 13.3. The molecule has 0 bridgehead atoms. The fraction of sp³-hybridized carbons (Fsp3) is 0.250. The van der Waals surface area contributed by atoms with Crippen LogP contribution in [-0.4, -0.2) is 22.3 Å². The number of carbonyl (C=O) groups excluding carboxylic acids is 1. The Balaban J connectivity index is 1.88. The lowest BCUT2D eigenvalue weighted by molar-refractivity contribution is 0.0732. The Kier molecular flexibility index (Phi) is 3.57. The molecular weight excluding hydrogens is 316 g/mol. The molecule has 1 aliphatic rings. The summed E-state index contributed by atoms with van der Waals surface area (Å²) in [4.78, 5) is 18.9. The number of halogens is 1. The molecule has 0 unspecified atom stereocenters. The summed E-state index contributed by atoms with van der Waals surface area (Å²) in [5.74, 6) is 0.0957. The minimum atomic E-state index is 0.0957. The molecule has 0 saturated heterocycles. The fourth-order valence-electron chi connectivity index (χ4n) is 2.53. The van der Waals surface area contributed by atoms with Crippen LogP contribution in [0, 0.1) is 6.92 Å². The van der Waals surface area contributed by atoms with Crippen molar-refractivity contribution in [2.45, 2.75) is 19.9 Å². The number of rotatable bonds is 1. The van der Waals surface area contributed by atoms with Gasteiger partial charge in [0.1, 0.15) is 0 Å². The van der Waals surface area contributed by atoms with E-state index in [0.29, 0.717) is 6.54 Å². The summed E-state index contributed by atoms with van der Waals surface area (Å²) in [6.07, 6.45) is 2.64. The Hall–Kier alpha value is -1.68. The lowest BCUT2D eigenvalue weighted by Crippen LogP contribution is -2.36. The van der Waals surface area contributed by atoms with Crippen LogP contribution in [0.2, 0.25) is 0 Å². The molecule has 0 aliphatic carbocycles. The van der Waals surface area contributed by atoms with Crippen LogP contribution >= 0.6 is 15.9 Å². The van der Waals surface area contributed by atoms with Crippen molar-refractivity contribution in [1.29, 1.82) is 0 Å². The molecule has 20 heavy (non-hydrogen) atoms. The number of hydrogen-bond donors (Lipinski definition) is 0. The zero-order chi connectivity index (χ0) is 14.1. The predicted molar refractivity (Wildman–Crippen MR) is 81.6 cm³/mol. The molecule has 0 atom stereocenters. The highest BCUT2D eigenvalue weighted by molar-refractivity contribution is 9.10. The molecule has 0 fully saturated rings. The number of pyridine rings is 1. The van der Waals surface area contributed by atoms with Crippen molar-refractivity contribution in [2.75, 3.05) is 6.54 Å². The van der Waals surface area contributed by atoms with Crippen LogP contribution in [0.1, 0.15) is 27.2 Å². The molecule has 1 aromatic carbocycles. The number of aromatic nitrogens is 1. The molecule has 4 heteroatoms. The van der Waals surface area contributed by atoms with Gasteiger partial charge in [0.05, 0.1) is 0 Å². The van der Waals surface area contributed by atoms with Gasteiger partial charge in [-0.25, -0.2) is 0 Å². The van der Waals surface area contributed by atoms with E-state index < -0.39 is 0 Å². The second-order valence-electron chi connectivity index (χ2n) is 5.05. The average molecular weight is 331 g/mol. The first-order chi connectivity index (χ1) is 9.65. The number of fused-ring (bicyclic) bond motifs is 1. The van der Waals surface area contributed by atoms with Gasteiger partial charge in [0.15, 0.2) is 0 Å². The number of hydrogen-bond acceptors (Lipinski definition) is 2. The lowest BCUT2D eigenvalue weighted by Gasteiger charge is -2.28. The highest BCUT2D eigenvalue weighted by Gasteiger charge is 2.23. The molecule has 2 heterocycles. The van der Waals surface area contributed by atoms with Crippen molar-refractivity contribution in [3.8, 4) is 0 Å². The Morgan fingerprint density at radius 3 is 3.05 bits per heavy atom. The standard InChI is InChI=1S/C16H15BrN2O/c1-11-4-5-13(17)9-14(11)16(20)19-8-6-15-12(10-19)3-2-7-18-15/h2-5,7,9H,6,8,10H2,1H3. The predicted octanol–water partition coefficient (Wildman–Crippen LogP) is 3.35. The van der Waals surface area contributed by atoms with E-state index in [2.05, 4.69) is 27.0 Å². The third kappa shape index (κ3) is 2.48. The van der Waals surface area contributed by atoms with E-state index in [1.165, 1.54) is 0 Å².